The molecule has 112 valence electrons. The summed E-state index contributed by atoms with van der Waals surface area (Å²) in [5.41, 5.74) is 1.16. The summed E-state index contributed by atoms with van der Waals surface area (Å²) in [5, 5.41) is 11.5. The van der Waals surface area contributed by atoms with Crippen molar-refractivity contribution in [2.24, 2.45) is 0 Å². The third kappa shape index (κ3) is 2.63. The second-order valence-corrected chi connectivity index (χ2v) is 6.32. The molecule has 1 aromatic heterocycles. The van der Waals surface area contributed by atoms with E-state index < -0.39 is 14.9 Å². The van der Waals surface area contributed by atoms with Crippen LogP contribution in [0.4, 0.5) is 11.4 Å². The van der Waals surface area contributed by atoms with Crippen LogP contribution >= 0.6 is 0 Å². The Balaban J connectivity index is 1.90. The minimum Gasteiger partial charge on any atom is -0.361 e. The molecule has 0 aliphatic heterocycles. The summed E-state index contributed by atoms with van der Waals surface area (Å²) in [4.78, 5) is 13.0. The van der Waals surface area contributed by atoms with Crippen molar-refractivity contribution in [3.63, 3.8) is 0 Å². The van der Waals surface area contributed by atoms with Crippen LogP contribution in [0.1, 0.15) is 0 Å². The Morgan fingerprint density at radius 2 is 1.77 bits per heavy atom. The molecular weight excluding hydrogens is 306 g/mol. The molecule has 22 heavy (non-hydrogen) atoms. The van der Waals surface area contributed by atoms with E-state index in [1.165, 1.54) is 12.1 Å². The van der Waals surface area contributed by atoms with Crippen molar-refractivity contribution in [1.29, 1.82) is 0 Å². The van der Waals surface area contributed by atoms with Gasteiger partial charge in [0.25, 0.3) is 15.7 Å². The second kappa shape index (κ2) is 5.15. The molecule has 7 nitrogen and oxygen atoms in total. The molecule has 2 N–H and O–H groups in total. The number of nitrogens with one attached hydrogen (secondary N) is 2. The summed E-state index contributed by atoms with van der Waals surface area (Å²) in [5.74, 6) is 0. The molecule has 0 bridgehead atoms. The van der Waals surface area contributed by atoms with Crippen LogP contribution in [0.15, 0.2) is 59.6 Å². The molecule has 0 atom stereocenters. The summed E-state index contributed by atoms with van der Waals surface area (Å²) in [6, 6.07) is 11.7. The Morgan fingerprint density at radius 1 is 1.05 bits per heavy atom. The predicted molar refractivity (Wildman–Crippen MR) is 82.2 cm³/mol. The van der Waals surface area contributed by atoms with Gasteiger partial charge in [-0.3, -0.25) is 14.8 Å². The minimum absolute atomic E-state index is 0.0349. The number of hydrogen-bond donors (Lipinski definition) is 2. The first kappa shape index (κ1) is 14.1. The number of H-pyrrole nitrogens is 1. The fraction of sp³-hybridized carbons (Fsp3) is 0. The molecule has 0 saturated heterocycles. The summed E-state index contributed by atoms with van der Waals surface area (Å²) in [6.45, 7) is 0. The molecule has 0 fully saturated rings. The van der Waals surface area contributed by atoms with Gasteiger partial charge in [-0.05, 0) is 36.4 Å². The van der Waals surface area contributed by atoms with E-state index in [9.17, 15) is 18.5 Å². The fourth-order valence-corrected chi connectivity index (χ4v) is 3.13. The SMILES string of the molecule is O=[N+]([O-])c1ccc(S(=O)(=O)Nc2ccc3[nH]ccc3c2)cc1. The fourth-order valence-electron chi connectivity index (χ4n) is 2.08. The van der Waals surface area contributed by atoms with Crippen molar-refractivity contribution in [1.82, 2.24) is 4.98 Å². The van der Waals surface area contributed by atoms with E-state index in [0.29, 0.717) is 5.69 Å². The lowest BCUT2D eigenvalue weighted by molar-refractivity contribution is -0.384. The molecule has 3 rings (SSSR count). The number of anilines is 1. The van der Waals surface area contributed by atoms with Crippen molar-refractivity contribution in [3.8, 4) is 0 Å². The number of rotatable bonds is 4. The summed E-state index contributed by atoms with van der Waals surface area (Å²) >= 11 is 0. The van der Waals surface area contributed by atoms with Crippen LogP contribution in [-0.4, -0.2) is 18.3 Å². The highest BCUT2D eigenvalue weighted by Gasteiger charge is 2.16. The number of nitro groups is 1. The Kier molecular flexibility index (Phi) is 3.30. The van der Waals surface area contributed by atoms with Gasteiger partial charge in [0.15, 0.2) is 0 Å². The van der Waals surface area contributed by atoms with Crippen molar-refractivity contribution < 1.29 is 13.3 Å². The van der Waals surface area contributed by atoms with Gasteiger partial charge < -0.3 is 4.98 Å². The monoisotopic (exact) mass is 317 g/mol. The van der Waals surface area contributed by atoms with Crippen LogP contribution < -0.4 is 4.72 Å². The maximum atomic E-state index is 12.3. The molecule has 0 saturated carbocycles. The number of fused-ring (bicyclic) bond motifs is 1. The third-order valence-electron chi connectivity index (χ3n) is 3.16. The number of sulfonamides is 1. The van der Waals surface area contributed by atoms with Crippen molar-refractivity contribution >= 4 is 32.3 Å². The number of nitrogens with zero attached hydrogens (tertiary/aromatic N) is 1. The summed E-state index contributed by atoms with van der Waals surface area (Å²) in [7, 11) is -3.79. The third-order valence-corrected chi connectivity index (χ3v) is 4.56. The van der Waals surface area contributed by atoms with Gasteiger partial charge in [-0.15, -0.1) is 0 Å². The zero-order chi connectivity index (χ0) is 15.7. The van der Waals surface area contributed by atoms with E-state index in [-0.39, 0.29) is 10.6 Å². The molecule has 0 unspecified atom stereocenters. The van der Waals surface area contributed by atoms with Crippen LogP contribution in [0.5, 0.6) is 0 Å². The van der Waals surface area contributed by atoms with Crippen LogP contribution in [-0.2, 0) is 10.0 Å². The Labute approximate surface area is 125 Å². The van der Waals surface area contributed by atoms with Crippen LogP contribution in [0.2, 0.25) is 0 Å². The number of aromatic nitrogens is 1. The standard InChI is InChI=1S/C14H11N3O4S/c18-17(19)12-2-4-13(5-3-12)22(20,21)16-11-1-6-14-10(9-11)7-8-15-14/h1-9,15-16H. The van der Waals surface area contributed by atoms with E-state index >= 15 is 0 Å². The number of non-ortho nitro benzene ring substituents is 1. The first-order chi connectivity index (χ1) is 10.5. The van der Waals surface area contributed by atoms with E-state index in [1.54, 1.807) is 24.4 Å². The number of nitro benzene ring substituents is 1. The summed E-state index contributed by atoms with van der Waals surface area (Å²) in [6.07, 6.45) is 1.76. The van der Waals surface area contributed by atoms with Crippen LogP contribution in [0, 0.1) is 10.1 Å². The Morgan fingerprint density at radius 3 is 2.45 bits per heavy atom. The highest BCUT2D eigenvalue weighted by Crippen LogP contribution is 2.22. The molecule has 0 amide bonds. The highest BCUT2D eigenvalue weighted by molar-refractivity contribution is 7.92. The van der Waals surface area contributed by atoms with E-state index in [4.69, 9.17) is 0 Å². The average Bonchev–Trinajstić information content (AvgIpc) is 2.94. The van der Waals surface area contributed by atoms with Crippen LogP contribution in [0.25, 0.3) is 10.9 Å². The van der Waals surface area contributed by atoms with Gasteiger partial charge in [-0.2, -0.15) is 0 Å². The molecule has 0 radical (unpaired) electrons. The van der Waals surface area contributed by atoms with Gasteiger partial charge >= 0.3 is 0 Å². The Hall–Kier alpha value is -2.87. The number of hydrogen-bond acceptors (Lipinski definition) is 4. The van der Waals surface area contributed by atoms with E-state index in [0.717, 1.165) is 23.0 Å². The lowest BCUT2D eigenvalue weighted by Crippen LogP contribution is -2.12. The van der Waals surface area contributed by atoms with E-state index in [1.807, 2.05) is 6.07 Å². The van der Waals surface area contributed by atoms with Crippen molar-refractivity contribution in [2.75, 3.05) is 4.72 Å². The topological polar surface area (TPSA) is 105 Å². The maximum Gasteiger partial charge on any atom is 0.269 e. The normalized spacial score (nSPS) is 11.5. The lowest BCUT2D eigenvalue weighted by Gasteiger charge is -2.08. The van der Waals surface area contributed by atoms with Gasteiger partial charge in [0.2, 0.25) is 0 Å². The number of benzene rings is 2. The highest BCUT2D eigenvalue weighted by atomic mass is 32.2. The molecule has 2 aromatic carbocycles. The zero-order valence-electron chi connectivity index (χ0n) is 11.2. The van der Waals surface area contributed by atoms with Gasteiger partial charge in [0.05, 0.1) is 9.82 Å². The molecule has 0 spiro atoms. The first-order valence-electron chi connectivity index (χ1n) is 6.30. The van der Waals surface area contributed by atoms with Gasteiger partial charge in [0.1, 0.15) is 0 Å². The molecule has 0 aliphatic rings. The lowest BCUT2D eigenvalue weighted by atomic mass is 10.2. The molecular formula is C14H11N3O4S. The van der Waals surface area contributed by atoms with Gasteiger partial charge in [0, 0.05) is 34.9 Å². The van der Waals surface area contributed by atoms with E-state index in [2.05, 4.69) is 9.71 Å². The largest absolute Gasteiger partial charge is 0.361 e. The quantitative estimate of drug-likeness (QED) is 0.570. The minimum atomic E-state index is -3.79. The molecule has 8 heteroatoms. The second-order valence-electron chi connectivity index (χ2n) is 4.64. The average molecular weight is 317 g/mol. The van der Waals surface area contributed by atoms with Crippen LogP contribution in [0.3, 0.4) is 0 Å². The van der Waals surface area contributed by atoms with Gasteiger partial charge in [-0.25, -0.2) is 8.42 Å². The molecule has 3 aromatic rings. The smallest absolute Gasteiger partial charge is 0.269 e. The number of aromatic amines is 1. The molecule has 1 heterocycles. The maximum absolute atomic E-state index is 12.3. The van der Waals surface area contributed by atoms with Crippen molar-refractivity contribution in [2.45, 2.75) is 4.90 Å². The van der Waals surface area contributed by atoms with Gasteiger partial charge in [-0.1, -0.05) is 0 Å². The first-order valence-corrected chi connectivity index (χ1v) is 7.78. The molecule has 0 aliphatic carbocycles. The zero-order valence-corrected chi connectivity index (χ0v) is 12.0. The predicted octanol–water partition coefficient (Wildman–Crippen LogP) is 2.88. The van der Waals surface area contributed by atoms with Crippen molar-refractivity contribution in [3.05, 3.63) is 64.8 Å². The summed E-state index contributed by atoms with van der Waals surface area (Å²) < 4.78 is 27.0. The Bertz CT molecular complexity index is 946.